The molecule has 0 spiro atoms. The highest BCUT2D eigenvalue weighted by Crippen LogP contribution is 2.41. The van der Waals surface area contributed by atoms with Gasteiger partial charge in [-0.2, -0.15) is 0 Å². The van der Waals surface area contributed by atoms with Crippen molar-refractivity contribution in [3.05, 3.63) is 44.6 Å². The Balaban J connectivity index is 2.37. The Bertz CT molecular complexity index is 540. The van der Waals surface area contributed by atoms with Gasteiger partial charge in [0, 0.05) is 9.35 Å². The molecular weight excluding hydrogens is 380 g/mol. The highest BCUT2D eigenvalue weighted by atomic mass is 79.9. The van der Waals surface area contributed by atoms with Gasteiger partial charge in [-0.3, -0.25) is 0 Å². The van der Waals surface area contributed by atoms with E-state index >= 15 is 0 Å². The fourth-order valence-electron chi connectivity index (χ4n) is 1.65. The van der Waals surface area contributed by atoms with Crippen LogP contribution >= 0.6 is 43.2 Å². The fraction of sp³-hybridized carbons (Fsp3) is 0.231. The zero-order valence-electron chi connectivity index (χ0n) is 9.94. The average molecular weight is 392 g/mol. The molecule has 0 fully saturated rings. The maximum atomic E-state index is 5.32. The number of methoxy groups -OCH3 is 2. The van der Waals surface area contributed by atoms with Crippen molar-refractivity contribution in [2.45, 2.75) is 4.83 Å². The number of hydrogen-bond acceptors (Lipinski definition) is 3. The Labute approximate surface area is 127 Å². The first-order valence-corrected chi connectivity index (χ1v) is 7.85. The van der Waals surface area contributed by atoms with Gasteiger partial charge in [0.05, 0.1) is 19.0 Å². The molecule has 0 saturated carbocycles. The van der Waals surface area contributed by atoms with Gasteiger partial charge in [0.15, 0.2) is 11.5 Å². The van der Waals surface area contributed by atoms with Gasteiger partial charge >= 0.3 is 0 Å². The van der Waals surface area contributed by atoms with Crippen molar-refractivity contribution in [1.29, 1.82) is 0 Å². The van der Waals surface area contributed by atoms with Crippen LogP contribution in [-0.4, -0.2) is 14.2 Å². The molecule has 0 aliphatic carbocycles. The van der Waals surface area contributed by atoms with Crippen LogP contribution in [0, 0.1) is 0 Å². The third-order valence-corrected chi connectivity index (χ3v) is 5.80. The molecule has 0 saturated heterocycles. The number of alkyl halides is 1. The van der Waals surface area contributed by atoms with Crippen LogP contribution in [-0.2, 0) is 0 Å². The molecule has 2 nitrogen and oxygen atoms in total. The minimum atomic E-state index is 0.145. The van der Waals surface area contributed by atoms with Crippen molar-refractivity contribution in [3.63, 3.8) is 0 Å². The van der Waals surface area contributed by atoms with Crippen molar-refractivity contribution in [2.75, 3.05) is 14.2 Å². The van der Waals surface area contributed by atoms with Crippen molar-refractivity contribution in [3.8, 4) is 11.5 Å². The van der Waals surface area contributed by atoms with E-state index in [1.807, 2.05) is 18.2 Å². The number of benzene rings is 1. The van der Waals surface area contributed by atoms with Gasteiger partial charge in [0.2, 0.25) is 0 Å². The first kappa shape index (κ1) is 13.9. The molecule has 2 aromatic rings. The Morgan fingerprint density at radius 1 is 1.11 bits per heavy atom. The van der Waals surface area contributed by atoms with Crippen molar-refractivity contribution >= 4 is 43.2 Å². The van der Waals surface area contributed by atoms with Crippen molar-refractivity contribution < 1.29 is 9.47 Å². The number of ether oxygens (including phenoxy) is 2. The van der Waals surface area contributed by atoms with E-state index < -0.39 is 0 Å². The standard InChI is InChI=1S/C13H12Br2O2S/c1-16-10-4-3-8(7-11(10)17-2)12(15)13-9(14)5-6-18-13/h3-7,12H,1-2H3. The molecule has 1 unspecified atom stereocenters. The molecule has 1 atom stereocenters. The number of rotatable bonds is 4. The van der Waals surface area contributed by atoms with Crippen LogP contribution in [0.3, 0.4) is 0 Å². The van der Waals surface area contributed by atoms with Gasteiger partial charge in [-0.1, -0.05) is 22.0 Å². The zero-order valence-corrected chi connectivity index (χ0v) is 13.9. The molecule has 0 radical (unpaired) electrons. The number of hydrogen-bond donors (Lipinski definition) is 0. The summed E-state index contributed by atoms with van der Waals surface area (Å²) in [6.07, 6.45) is 0. The van der Waals surface area contributed by atoms with E-state index in [4.69, 9.17) is 9.47 Å². The Kier molecular flexibility index (Phi) is 4.70. The van der Waals surface area contributed by atoms with E-state index in [9.17, 15) is 0 Å². The van der Waals surface area contributed by atoms with Gasteiger partial charge in [-0.15, -0.1) is 11.3 Å². The minimum absolute atomic E-state index is 0.145. The van der Waals surface area contributed by atoms with Crippen LogP contribution in [0.1, 0.15) is 15.3 Å². The Morgan fingerprint density at radius 2 is 1.83 bits per heavy atom. The Hall–Kier alpha value is -0.520. The second-order valence-corrected chi connectivity index (χ2v) is 6.33. The van der Waals surface area contributed by atoms with Crippen LogP contribution in [0.2, 0.25) is 0 Å². The van der Waals surface area contributed by atoms with Gasteiger partial charge in [-0.05, 0) is 45.1 Å². The largest absolute Gasteiger partial charge is 0.493 e. The first-order valence-electron chi connectivity index (χ1n) is 5.26. The predicted molar refractivity (Wildman–Crippen MR) is 82.3 cm³/mol. The quantitative estimate of drug-likeness (QED) is 0.681. The van der Waals surface area contributed by atoms with Crippen molar-refractivity contribution in [1.82, 2.24) is 0 Å². The van der Waals surface area contributed by atoms with E-state index in [0.717, 1.165) is 21.5 Å². The molecule has 1 aromatic carbocycles. The maximum absolute atomic E-state index is 5.32. The second-order valence-electron chi connectivity index (χ2n) is 3.61. The SMILES string of the molecule is COc1ccc(C(Br)c2sccc2Br)cc1OC. The molecule has 1 heterocycles. The van der Waals surface area contributed by atoms with Gasteiger partial charge < -0.3 is 9.47 Å². The van der Waals surface area contributed by atoms with Crippen LogP contribution in [0.5, 0.6) is 11.5 Å². The van der Waals surface area contributed by atoms with Crippen molar-refractivity contribution in [2.24, 2.45) is 0 Å². The summed E-state index contributed by atoms with van der Waals surface area (Å²) < 4.78 is 11.7. The molecular formula is C13H12Br2O2S. The topological polar surface area (TPSA) is 18.5 Å². The summed E-state index contributed by atoms with van der Waals surface area (Å²) in [6, 6.07) is 8.00. The highest BCUT2D eigenvalue weighted by Gasteiger charge is 2.16. The summed E-state index contributed by atoms with van der Waals surface area (Å²) in [4.78, 5) is 1.38. The van der Waals surface area contributed by atoms with Crippen LogP contribution < -0.4 is 9.47 Å². The van der Waals surface area contributed by atoms with Crippen LogP contribution in [0.15, 0.2) is 34.1 Å². The fourth-order valence-corrected chi connectivity index (χ4v) is 4.41. The summed E-state index contributed by atoms with van der Waals surface area (Å²) >= 11 is 8.98. The number of thiophene rings is 1. The molecule has 96 valence electrons. The van der Waals surface area contributed by atoms with Crippen LogP contribution in [0.25, 0.3) is 0 Å². The zero-order chi connectivity index (χ0) is 13.1. The molecule has 5 heteroatoms. The van der Waals surface area contributed by atoms with E-state index in [1.54, 1.807) is 25.6 Å². The molecule has 18 heavy (non-hydrogen) atoms. The summed E-state index contributed by atoms with van der Waals surface area (Å²) in [7, 11) is 3.28. The minimum Gasteiger partial charge on any atom is -0.493 e. The average Bonchev–Trinajstić information content (AvgIpc) is 2.83. The molecule has 0 amide bonds. The van der Waals surface area contributed by atoms with Crippen LogP contribution in [0.4, 0.5) is 0 Å². The summed E-state index contributed by atoms with van der Waals surface area (Å²) in [5.74, 6) is 1.48. The lowest BCUT2D eigenvalue weighted by atomic mass is 10.1. The van der Waals surface area contributed by atoms with E-state index in [0.29, 0.717) is 0 Å². The molecule has 0 aliphatic rings. The van der Waals surface area contributed by atoms with Gasteiger partial charge in [0.25, 0.3) is 0 Å². The first-order chi connectivity index (χ1) is 8.67. The lowest BCUT2D eigenvalue weighted by Gasteiger charge is -2.13. The lowest BCUT2D eigenvalue weighted by Crippen LogP contribution is -1.95. The number of halogens is 2. The third kappa shape index (κ3) is 2.73. The molecule has 0 aliphatic heterocycles. The second kappa shape index (κ2) is 6.08. The van der Waals surface area contributed by atoms with Gasteiger partial charge in [0.1, 0.15) is 0 Å². The third-order valence-electron chi connectivity index (χ3n) is 2.58. The van der Waals surface area contributed by atoms with E-state index in [1.165, 1.54) is 4.88 Å². The predicted octanol–water partition coefficient (Wildman–Crippen LogP) is 5.01. The smallest absolute Gasteiger partial charge is 0.161 e. The monoisotopic (exact) mass is 390 g/mol. The normalized spacial score (nSPS) is 12.2. The molecule has 2 rings (SSSR count). The van der Waals surface area contributed by atoms with E-state index in [2.05, 4.69) is 43.3 Å². The summed E-state index contributed by atoms with van der Waals surface area (Å²) in [5, 5.41) is 2.06. The highest BCUT2D eigenvalue weighted by molar-refractivity contribution is 9.11. The molecule has 0 bridgehead atoms. The van der Waals surface area contributed by atoms with Gasteiger partial charge in [-0.25, -0.2) is 0 Å². The summed E-state index contributed by atoms with van der Waals surface area (Å²) in [5.41, 5.74) is 1.14. The van der Waals surface area contributed by atoms with E-state index in [-0.39, 0.29) is 4.83 Å². The lowest BCUT2D eigenvalue weighted by molar-refractivity contribution is 0.354. The maximum Gasteiger partial charge on any atom is 0.161 e. The molecule has 0 N–H and O–H groups in total. The Morgan fingerprint density at radius 3 is 2.39 bits per heavy atom. The molecule has 1 aromatic heterocycles. The summed E-state index contributed by atoms with van der Waals surface area (Å²) in [6.45, 7) is 0.